The zero-order valence-electron chi connectivity index (χ0n) is 20.5. The van der Waals surface area contributed by atoms with Crippen LogP contribution in [0.3, 0.4) is 0 Å². The smallest absolute Gasteiger partial charge is 0.254 e. The first-order chi connectivity index (χ1) is 17.7. The minimum absolute atomic E-state index is 0.137. The second-order valence-corrected chi connectivity index (χ2v) is 10.5. The summed E-state index contributed by atoms with van der Waals surface area (Å²) in [5, 5.41) is 6.04. The van der Waals surface area contributed by atoms with Crippen LogP contribution in [-0.4, -0.2) is 56.7 Å². The first kappa shape index (κ1) is 21.7. The number of fused-ring (bicyclic) bond motifs is 1. The highest BCUT2D eigenvalue weighted by Gasteiger charge is 2.35. The normalized spacial score (nSPS) is 18.6. The first-order valence-electron chi connectivity index (χ1n) is 13.3. The summed E-state index contributed by atoms with van der Waals surface area (Å²) in [6.45, 7) is 4.22. The van der Waals surface area contributed by atoms with Gasteiger partial charge in [0.2, 0.25) is 0 Å². The second kappa shape index (κ2) is 8.86. The third-order valence-electron chi connectivity index (χ3n) is 7.78. The summed E-state index contributed by atoms with van der Waals surface area (Å²) < 4.78 is 1.98. The van der Waals surface area contributed by atoms with E-state index in [0.717, 1.165) is 92.1 Å². The van der Waals surface area contributed by atoms with Crippen LogP contribution in [0.25, 0.3) is 16.7 Å². The Hall–Kier alpha value is -3.51. The fraction of sp³-hybridized carbons (Fsp3) is 0.367. The molecule has 4 aromatic rings. The van der Waals surface area contributed by atoms with Crippen LogP contribution in [-0.2, 0) is 6.54 Å². The molecule has 6 nitrogen and oxygen atoms in total. The first-order valence-corrected chi connectivity index (χ1v) is 13.3. The van der Waals surface area contributed by atoms with Gasteiger partial charge in [-0.2, -0.15) is 5.10 Å². The number of benzene rings is 2. The van der Waals surface area contributed by atoms with Gasteiger partial charge in [-0.05, 0) is 49.4 Å². The number of pyridine rings is 1. The van der Waals surface area contributed by atoms with Crippen molar-refractivity contribution < 1.29 is 4.79 Å². The summed E-state index contributed by atoms with van der Waals surface area (Å²) in [7, 11) is 0. The molecule has 2 aromatic heterocycles. The molecular formula is C30H31N5O. The van der Waals surface area contributed by atoms with Crippen molar-refractivity contribution in [3.05, 3.63) is 89.2 Å². The van der Waals surface area contributed by atoms with Gasteiger partial charge >= 0.3 is 0 Å². The Morgan fingerprint density at radius 2 is 1.50 bits per heavy atom. The van der Waals surface area contributed by atoms with Crippen LogP contribution in [0.4, 0.5) is 0 Å². The van der Waals surface area contributed by atoms with E-state index >= 15 is 0 Å². The van der Waals surface area contributed by atoms with Crippen LogP contribution in [0, 0.1) is 0 Å². The van der Waals surface area contributed by atoms with Crippen LogP contribution in [0.5, 0.6) is 0 Å². The molecule has 182 valence electrons. The minimum Gasteiger partial charge on any atom is -0.336 e. The van der Waals surface area contributed by atoms with Gasteiger partial charge < -0.3 is 4.90 Å². The maximum Gasteiger partial charge on any atom is 0.254 e. The average molecular weight is 478 g/mol. The number of carbonyl (C=O) groups excluding carboxylic acids is 1. The molecule has 1 saturated heterocycles. The summed E-state index contributed by atoms with van der Waals surface area (Å²) >= 11 is 0. The van der Waals surface area contributed by atoms with Gasteiger partial charge in [0.25, 0.3) is 5.91 Å². The van der Waals surface area contributed by atoms with Gasteiger partial charge in [-0.1, -0.05) is 48.5 Å². The Morgan fingerprint density at radius 3 is 2.17 bits per heavy atom. The summed E-state index contributed by atoms with van der Waals surface area (Å²) in [6.07, 6.45) is 4.58. The highest BCUT2D eigenvalue weighted by Crippen LogP contribution is 2.46. The molecule has 1 amide bonds. The fourth-order valence-corrected chi connectivity index (χ4v) is 5.43. The van der Waals surface area contributed by atoms with E-state index in [4.69, 9.17) is 10.1 Å². The number of amides is 1. The quantitative estimate of drug-likeness (QED) is 0.386. The number of nitrogens with zero attached hydrogens (tertiary/aromatic N) is 5. The van der Waals surface area contributed by atoms with Crippen LogP contribution in [0.2, 0.25) is 0 Å². The lowest BCUT2D eigenvalue weighted by Crippen LogP contribution is -2.48. The van der Waals surface area contributed by atoms with Gasteiger partial charge in [0, 0.05) is 50.3 Å². The summed E-state index contributed by atoms with van der Waals surface area (Å²) in [6, 6.07) is 22.9. The third-order valence-corrected chi connectivity index (χ3v) is 7.78. The molecule has 1 aliphatic heterocycles. The molecule has 36 heavy (non-hydrogen) atoms. The number of carbonyl (C=O) groups is 1. The maximum atomic E-state index is 14.1. The van der Waals surface area contributed by atoms with E-state index in [2.05, 4.69) is 53.4 Å². The number of hydrogen-bond donors (Lipinski definition) is 0. The minimum atomic E-state index is 0.137. The largest absolute Gasteiger partial charge is 0.336 e. The summed E-state index contributed by atoms with van der Waals surface area (Å²) in [4.78, 5) is 23.7. The molecule has 0 N–H and O–H groups in total. The van der Waals surface area contributed by atoms with Crippen LogP contribution in [0.1, 0.15) is 64.8 Å². The van der Waals surface area contributed by atoms with Crippen molar-refractivity contribution in [2.24, 2.45) is 0 Å². The molecular weight excluding hydrogens is 446 g/mol. The van der Waals surface area contributed by atoms with Crippen LogP contribution >= 0.6 is 0 Å². The zero-order chi connectivity index (χ0) is 24.1. The van der Waals surface area contributed by atoms with E-state index in [9.17, 15) is 4.79 Å². The summed E-state index contributed by atoms with van der Waals surface area (Å²) in [5.41, 5.74) is 6.08. The van der Waals surface area contributed by atoms with Crippen molar-refractivity contribution in [1.29, 1.82) is 0 Å². The van der Waals surface area contributed by atoms with E-state index in [1.807, 2.05) is 27.8 Å². The Kier molecular flexibility index (Phi) is 5.35. The second-order valence-electron chi connectivity index (χ2n) is 10.5. The predicted octanol–water partition coefficient (Wildman–Crippen LogP) is 5.13. The topological polar surface area (TPSA) is 54.3 Å². The summed E-state index contributed by atoms with van der Waals surface area (Å²) in [5.74, 6) is 1.03. The lowest BCUT2D eigenvalue weighted by molar-refractivity contribution is 0.0630. The van der Waals surface area contributed by atoms with Crippen molar-refractivity contribution >= 4 is 16.9 Å². The van der Waals surface area contributed by atoms with Crippen molar-refractivity contribution in [1.82, 2.24) is 24.6 Å². The Balaban J connectivity index is 1.23. The van der Waals surface area contributed by atoms with E-state index in [1.54, 1.807) is 0 Å². The lowest BCUT2D eigenvalue weighted by Gasteiger charge is -2.35. The molecule has 3 heterocycles. The Bertz CT molecular complexity index is 1400. The lowest BCUT2D eigenvalue weighted by atomic mass is 10.0. The Labute approximate surface area is 211 Å². The fourth-order valence-electron chi connectivity index (χ4n) is 5.43. The molecule has 2 aromatic carbocycles. The third kappa shape index (κ3) is 4.09. The van der Waals surface area contributed by atoms with Crippen molar-refractivity contribution in [3.63, 3.8) is 0 Å². The highest BCUT2D eigenvalue weighted by molar-refractivity contribution is 6.07. The number of aromatic nitrogens is 3. The standard InChI is InChI=1S/C30H31N5O/c36-30(34-17-15-33(16-18-34)20-21-7-3-1-4-8-21)25-19-26(22-11-12-22)31-29-27(25)28(23-13-14-23)32-35(29)24-9-5-2-6-10-24/h1-10,19,22-23H,11-18,20H2. The van der Waals surface area contributed by atoms with Gasteiger partial charge in [-0.3, -0.25) is 9.69 Å². The van der Waals surface area contributed by atoms with Gasteiger partial charge in [0.1, 0.15) is 0 Å². The van der Waals surface area contributed by atoms with E-state index < -0.39 is 0 Å². The SMILES string of the molecule is O=C(c1cc(C2CC2)nc2c1c(C1CC1)nn2-c1ccccc1)N1CCN(Cc2ccccc2)CC1. The monoisotopic (exact) mass is 477 g/mol. The van der Waals surface area contributed by atoms with Gasteiger partial charge in [-0.25, -0.2) is 9.67 Å². The molecule has 2 saturated carbocycles. The van der Waals surface area contributed by atoms with Crippen molar-refractivity contribution in [2.45, 2.75) is 44.1 Å². The van der Waals surface area contributed by atoms with Crippen LogP contribution < -0.4 is 0 Å². The van der Waals surface area contributed by atoms with E-state index in [-0.39, 0.29) is 5.91 Å². The molecule has 7 rings (SSSR count). The van der Waals surface area contributed by atoms with Gasteiger partial charge in [0.15, 0.2) is 5.65 Å². The predicted molar refractivity (Wildman–Crippen MR) is 140 cm³/mol. The van der Waals surface area contributed by atoms with Gasteiger partial charge in [0.05, 0.1) is 22.3 Å². The molecule has 3 aliphatic rings. The number of rotatable bonds is 6. The molecule has 0 bridgehead atoms. The van der Waals surface area contributed by atoms with Gasteiger partial charge in [-0.15, -0.1) is 0 Å². The molecule has 0 spiro atoms. The molecule has 2 aliphatic carbocycles. The van der Waals surface area contributed by atoms with Crippen LogP contribution in [0.15, 0.2) is 66.7 Å². The van der Waals surface area contributed by atoms with Crippen molar-refractivity contribution in [3.8, 4) is 5.69 Å². The number of para-hydroxylation sites is 1. The number of hydrogen-bond acceptors (Lipinski definition) is 4. The molecule has 0 radical (unpaired) electrons. The van der Waals surface area contributed by atoms with E-state index in [0.29, 0.717) is 11.8 Å². The molecule has 0 atom stereocenters. The molecule has 3 fully saturated rings. The molecule has 6 heteroatoms. The molecule has 0 unspecified atom stereocenters. The highest BCUT2D eigenvalue weighted by atomic mass is 16.2. The van der Waals surface area contributed by atoms with E-state index in [1.165, 1.54) is 5.56 Å². The maximum absolute atomic E-state index is 14.1. The number of piperazine rings is 1. The average Bonchev–Trinajstić information content (AvgIpc) is 3.87. The zero-order valence-corrected chi connectivity index (χ0v) is 20.5. The van der Waals surface area contributed by atoms with Crippen molar-refractivity contribution in [2.75, 3.05) is 26.2 Å². The Morgan fingerprint density at radius 1 is 0.833 bits per heavy atom.